The molecule has 1 aliphatic rings. The van der Waals surface area contributed by atoms with Gasteiger partial charge in [0.15, 0.2) is 0 Å². The first kappa shape index (κ1) is 14.1. The molecule has 1 heterocycles. The summed E-state index contributed by atoms with van der Waals surface area (Å²) in [5.74, 6) is 0. The van der Waals surface area contributed by atoms with E-state index in [2.05, 4.69) is 5.32 Å². The van der Waals surface area contributed by atoms with Crippen molar-refractivity contribution in [3.8, 4) is 0 Å². The predicted molar refractivity (Wildman–Crippen MR) is 77.8 cm³/mol. The molecule has 0 atom stereocenters. The van der Waals surface area contributed by atoms with Crippen molar-refractivity contribution in [1.82, 2.24) is 4.57 Å². The number of pyridine rings is 1. The van der Waals surface area contributed by atoms with E-state index in [4.69, 9.17) is 4.74 Å². The van der Waals surface area contributed by atoms with Gasteiger partial charge >= 0.3 is 0 Å². The Morgan fingerprint density at radius 2 is 2.00 bits per heavy atom. The van der Waals surface area contributed by atoms with Crippen LogP contribution in [-0.2, 0) is 4.74 Å². The second-order valence-corrected chi connectivity index (χ2v) is 5.60. The molecule has 1 aliphatic carbocycles. The zero-order valence-corrected chi connectivity index (χ0v) is 12.1. The van der Waals surface area contributed by atoms with E-state index in [-0.39, 0.29) is 11.6 Å². The van der Waals surface area contributed by atoms with Gasteiger partial charge in [-0.1, -0.05) is 0 Å². The molecule has 0 radical (unpaired) electrons. The average molecular weight is 264 g/mol. The van der Waals surface area contributed by atoms with Crippen LogP contribution in [0.2, 0.25) is 0 Å². The van der Waals surface area contributed by atoms with E-state index in [1.807, 2.05) is 36.7 Å². The van der Waals surface area contributed by atoms with E-state index in [0.29, 0.717) is 17.8 Å². The van der Waals surface area contributed by atoms with Gasteiger partial charge in [0.2, 0.25) is 0 Å². The summed E-state index contributed by atoms with van der Waals surface area (Å²) in [4.78, 5) is 12.4. The first-order valence-electron chi connectivity index (χ1n) is 7.12. The summed E-state index contributed by atoms with van der Waals surface area (Å²) >= 11 is 0. The number of hydrogen-bond donors (Lipinski definition) is 1. The maximum Gasteiger partial charge on any atom is 0.274 e. The van der Waals surface area contributed by atoms with Gasteiger partial charge in [-0.15, -0.1) is 0 Å². The molecule has 4 heteroatoms. The van der Waals surface area contributed by atoms with Crippen molar-refractivity contribution in [2.75, 3.05) is 12.4 Å². The summed E-state index contributed by atoms with van der Waals surface area (Å²) < 4.78 is 7.27. The molecule has 19 heavy (non-hydrogen) atoms. The quantitative estimate of drug-likeness (QED) is 0.909. The lowest BCUT2D eigenvalue weighted by Gasteiger charge is -2.29. The minimum atomic E-state index is 0.0945. The van der Waals surface area contributed by atoms with Crippen LogP contribution < -0.4 is 10.9 Å². The fraction of sp³-hybridized carbons (Fsp3) is 0.667. The Kier molecular flexibility index (Phi) is 4.64. The highest BCUT2D eigenvalue weighted by atomic mass is 16.5. The van der Waals surface area contributed by atoms with Crippen LogP contribution in [0, 0.1) is 0 Å². The SMILES string of the molecule is CO[C@H]1CC[C@@H](n2cccc(NC(C)C)c2=O)CC1. The number of hydrogen-bond acceptors (Lipinski definition) is 3. The van der Waals surface area contributed by atoms with Gasteiger partial charge in [-0.25, -0.2) is 0 Å². The van der Waals surface area contributed by atoms with E-state index >= 15 is 0 Å². The van der Waals surface area contributed by atoms with E-state index in [1.54, 1.807) is 7.11 Å². The summed E-state index contributed by atoms with van der Waals surface area (Å²) in [6.07, 6.45) is 6.38. The highest BCUT2D eigenvalue weighted by Gasteiger charge is 2.23. The van der Waals surface area contributed by atoms with Gasteiger partial charge in [0.05, 0.1) is 6.10 Å². The van der Waals surface area contributed by atoms with Crippen LogP contribution in [0.1, 0.15) is 45.6 Å². The molecule has 1 fully saturated rings. The predicted octanol–water partition coefficient (Wildman–Crippen LogP) is 2.80. The van der Waals surface area contributed by atoms with Crippen molar-refractivity contribution in [3.63, 3.8) is 0 Å². The Morgan fingerprint density at radius 1 is 1.32 bits per heavy atom. The Bertz CT molecular complexity index is 459. The number of methoxy groups -OCH3 is 1. The summed E-state index contributed by atoms with van der Waals surface area (Å²) in [6.45, 7) is 4.08. The first-order valence-corrected chi connectivity index (χ1v) is 7.12. The van der Waals surface area contributed by atoms with E-state index in [1.165, 1.54) is 0 Å². The lowest BCUT2D eigenvalue weighted by molar-refractivity contribution is 0.0580. The summed E-state index contributed by atoms with van der Waals surface area (Å²) in [7, 11) is 1.77. The zero-order valence-electron chi connectivity index (χ0n) is 12.1. The molecule has 0 amide bonds. The minimum absolute atomic E-state index is 0.0945. The van der Waals surface area contributed by atoms with E-state index in [0.717, 1.165) is 25.7 Å². The standard InChI is InChI=1S/C15H24N2O2/c1-11(2)16-14-5-4-10-17(15(14)18)12-6-8-13(19-3)9-7-12/h4-5,10-13,16H,6-9H2,1-3H3/t12-,13+. The molecule has 1 N–H and O–H groups in total. The number of aromatic nitrogens is 1. The monoisotopic (exact) mass is 264 g/mol. The minimum Gasteiger partial charge on any atom is -0.381 e. The number of nitrogens with one attached hydrogen (secondary N) is 1. The van der Waals surface area contributed by atoms with Gasteiger partial charge in [-0.3, -0.25) is 4.79 Å². The fourth-order valence-corrected chi connectivity index (χ4v) is 2.78. The van der Waals surface area contributed by atoms with Crippen molar-refractivity contribution < 1.29 is 4.74 Å². The molecule has 0 spiro atoms. The van der Waals surface area contributed by atoms with Crippen LogP contribution in [-0.4, -0.2) is 23.8 Å². The fourth-order valence-electron chi connectivity index (χ4n) is 2.78. The second-order valence-electron chi connectivity index (χ2n) is 5.60. The summed E-state index contributed by atoms with van der Waals surface area (Å²) in [5, 5.41) is 3.21. The molecule has 2 rings (SSSR count). The van der Waals surface area contributed by atoms with Gasteiger partial charge in [0.25, 0.3) is 5.56 Å². The number of anilines is 1. The average Bonchev–Trinajstić information content (AvgIpc) is 2.41. The summed E-state index contributed by atoms with van der Waals surface area (Å²) in [6, 6.07) is 4.40. The van der Waals surface area contributed by atoms with Crippen molar-refractivity contribution in [2.45, 2.75) is 57.7 Å². The maximum atomic E-state index is 12.4. The molecule has 0 unspecified atom stereocenters. The molecule has 0 aromatic carbocycles. The lowest BCUT2D eigenvalue weighted by Crippen LogP contribution is -2.31. The van der Waals surface area contributed by atoms with Crippen LogP contribution in [0.3, 0.4) is 0 Å². The third-order valence-corrected chi connectivity index (χ3v) is 3.79. The van der Waals surface area contributed by atoms with Crippen LogP contribution in [0.25, 0.3) is 0 Å². The van der Waals surface area contributed by atoms with Crippen molar-refractivity contribution >= 4 is 5.69 Å². The Morgan fingerprint density at radius 3 is 2.58 bits per heavy atom. The molecule has 1 saturated carbocycles. The topological polar surface area (TPSA) is 43.3 Å². The lowest BCUT2D eigenvalue weighted by atomic mass is 9.92. The smallest absolute Gasteiger partial charge is 0.274 e. The molecule has 0 aliphatic heterocycles. The molecule has 1 aromatic rings. The Labute approximate surface area is 114 Å². The maximum absolute atomic E-state index is 12.4. The molecular weight excluding hydrogens is 240 g/mol. The van der Waals surface area contributed by atoms with Crippen LogP contribution in [0.15, 0.2) is 23.1 Å². The van der Waals surface area contributed by atoms with Crippen LogP contribution in [0.5, 0.6) is 0 Å². The molecule has 0 saturated heterocycles. The van der Waals surface area contributed by atoms with Crippen LogP contribution >= 0.6 is 0 Å². The van der Waals surface area contributed by atoms with Gasteiger partial charge in [0, 0.05) is 25.4 Å². The second kappa shape index (κ2) is 6.24. The molecule has 106 valence electrons. The summed E-state index contributed by atoms with van der Waals surface area (Å²) in [5.41, 5.74) is 0.795. The zero-order chi connectivity index (χ0) is 13.8. The number of nitrogens with zero attached hydrogens (tertiary/aromatic N) is 1. The molecular formula is C15H24N2O2. The molecule has 4 nitrogen and oxygen atoms in total. The molecule has 0 bridgehead atoms. The largest absolute Gasteiger partial charge is 0.381 e. The first-order chi connectivity index (χ1) is 9.11. The Balaban J connectivity index is 2.15. The molecule has 1 aromatic heterocycles. The van der Waals surface area contributed by atoms with Gasteiger partial charge < -0.3 is 14.6 Å². The van der Waals surface area contributed by atoms with Crippen molar-refractivity contribution in [3.05, 3.63) is 28.7 Å². The Hall–Kier alpha value is -1.29. The highest BCUT2D eigenvalue weighted by molar-refractivity contribution is 5.41. The normalized spacial score (nSPS) is 23.6. The number of ether oxygens (including phenoxy) is 1. The van der Waals surface area contributed by atoms with Gasteiger partial charge in [0.1, 0.15) is 5.69 Å². The van der Waals surface area contributed by atoms with Gasteiger partial charge in [-0.2, -0.15) is 0 Å². The van der Waals surface area contributed by atoms with Gasteiger partial charge in [-0.05, 0) is 51.7 Å². The highest BCUT2D eigenvalue weighted by Crippen LogP contribution is 2.28. The van der Waals surface area contributed by atoms with E-state index in [9.17, 15) is 4.79 Å². The number of rotatable bonds is 4. The van der Waals surface area contributed by atoms with Crippen molar-refractivity contribution in [2.24, 2.45) is 0 Å². The van der Waals surface area contributed by atoms with Crippen LogP contribution in [0.4, 0.5) is 5.69 Å². The third kappa shape index (κ3) is 3.38. The van der Waals surface area contributed by atoms with Crippen molar-refractivity contribution in [1.29, 1.82) is 0 Å². The van der Waals surface area contributed by atoms with E-state index < -0.39 is 0 Å². The third-order valence-electron chi connectivity index (χ3n) is 3.79.